The topological polar surface area (TPSA) is 123 Å². The molecule has 1 aromatic carbocycles. The zero-order chi connectivity index (χ0) is 15.5. The number of benzene rings is 1. The van der Waals surface area contributed by atoms with Crippen molar-refractivity contribution in [3.05, 3.63) is 47.9 Å². The van der Waals surface area contributed by atoms with E-state index in [1.54, 1.807) is 12.1 Å². The fraction of sp³-hybridized carbons (Fsp3) is 0.154. The molecule has 2 aromatic rings. The number of carbonyl (C=O) groups is 1. The lowest BCUT2D eigenvalue weighted by Gasteiger charge is -2.09. The lowest BCUT2D eigenvalue weighted by atomic mass is 10.2. The molecule has 7 nitrogen and oxygen atoms in total. The van der Waals surface area contributed by atoms with Gasteiger partial charge in [-0.3, -0.25) is 0 Å². The van der Waals surface area contributed by atoms with Gasteiger partial charge in [0.05, 0.1) is 16.7 Å². The molecule has 21 heavy (non-hydrogen) atoms. The maximum absolute atomic E-state index is 12.2. The van der Waals surface area contributed by atoms with Crippen LogP contribution in [0.15, 0.2) is 45.9 Å². The molecule has 0 saturated carbocycles. The van der Waals surface area contributed by atoms with Crippen LogP contribution < -0.4 is 10.5 Å². The molecule has 2 rings (SSSR count). The van der Waals surface area contributed by atoms with Crippen LogP contribution in [0.25, 0.3) is 0 Å². The SMILES string of the molecule is Nc1ccc(S(=O)(=O)NCCc2ccco2)c(C(=O)O)c1. The molecule has 0 spiro atoms. The van der Waals surface area contributed by atoms with Gasteiger partial charge in [-0.2, -0.15) is 0 Å². The van der Waals surface area contributed by atoms with E-state index in [4.69, 9.17) is 15.3 Å². The molecule has 112 valence electrons. The van der Waals surface area contributed by atoms with E-state index in [1.165, 1.54) is 18.4 Å². The van der Waals surface area contributed by atoms with E-state index in [1.807, 2.05) is 0 Å². The number of hydrogen-bond donors (Lipinski definition) is 3. The highest BCUT2D eigenvalue weighted by Gasteiger charge is 2.22. The number of carboxylic acids is 1. The number of aromatic carboxylic acids is 1. The Labute approximate surface area is 121 Å². The largest absolute Gasteiger partial charge is 0.478 e. The van der Waals surface area contributed by atoms with Crippen molar-refractivity contribution >= 4 is 21.7 Å². The first-order valence-corrected chi connectivity index (χ1v) is 7.53. The van der Waals surface area contributed by atoms with Crippen LogP contribution in [0.2, 0.25) is 0 Å². The van der Waals surface area contributed by atoms with Gasteiger partial charge in [-0.25, -0.2) is 17.9 Å². The Morgan fingerprint density at radius 1 is 1.33 bits per heavy atom. The van der Waals surface area contributed by atoms with Gasteiger partial charge in [0.25, 0.3) is 0 Å². The lowest BCUT2D eigenvalue weighted by Crippen LogP contribution is -2.27. The molecule has 0 amide bonds. The standard InChI is InChI=1S/C13H14N2O5S/c14-9-3-4-12(11(8-9)13(16)17)21(18,19)15-6-5-10-2-1-7-20-10/h1-4,7-8,15H,5-6,14H2,(H,16,17). The van der Waals surface area contributed by atoms with Gasteiger partial charge >= 0.3 is 5.97 Å². The van der Waals surface area contributed by atoms with Gasteiger partial charge in [-0.05, 0) is 30.3 Å². The second kappa shape index (κ2) is 5.98. The first-order valence-electron chi connectivity index (χ1n) is 6.05. The number of rotatable bonds is 6. The van der Waals surface area contributed by atoms with Crippen LogP contribution in [0, 0.1) is 0 Å². The van der Waals surface area contributed by atoms with E-state index in [-0.39, 0.29) is 22.7 Å². The average Bonchev–Trinajstić information content (AvgIpc) is 2.91. The number of anilines is 1. The predicted octanol–water partition coefficient (Wildman–Crippen LogP) is 1.08. The summed E-state index contributed by atoms with van der Waals surface area (Å²) in [6.07, 6.45) is 1.86. The van der Waals surface area contributed by atoms with Gasteiger partial charge in [0, 0.05) is 18.7 Å². The Balaban J connectivity index is 2.17. The van der Waals surface area contributed by atoms with Crippen molar-refractivity contribution in [1.29, 1.82) is 0 Å². The van der Waals surface area contributed by atoms with Crippen molar-refractivity contribution < 1.29 is 22.7 Å². The Kier molecular flexibility index (Phi) is 4.29. The minimum atomic E-state index is -3.93. The normalized spacial score (nSPS) is 11.4. The maximum atomic E-state index is 12.2. The van der Waals surface area contributed by atoms with Crippen LogP contribution in [0.4, 0.5) is 5.69 Å². The summed E-state index contributed by atoms with van der Waals surface area (Å²) in [4.78, 5) is 10.8. The predicted molar refractivity (Wildman–Crippen MR) is 75.4 cm³/mol. The Morgan fingerprint density at radius 2 is 2.10 bits per heavy atom. The van der Waals surface area contributed by atoms with Crippen LogP contribution in [0.5, 0.6) is 0 Å². The highest BCUT2D eigenvalue weighted by molar-refractivity contribution is 7.89. The minimum Gasteiger partial charge on any atom is -0.478 e. The molecule has 0 fully saturated rings. The highest BCUT2D eigenvalue weighted by atomic mass is 32.2. The Hall–Kier alpha value is -2.32. The van der Waals surface area contributed by atoms with Crippen LogP contribution in [-0.2, 0) is 16.4 Å². The first kappa shape index (κ1) is 15.1. The summed E-state index contributed by atoms with van der Waals surface area (Å²) in [5.41, 5.74) is 5.30. The molecule has 1 heterocycles. The van der Waals surface area contributed by atoms with E-state index in [0.717, 1.165) is 6.07 Å². The highest BCUT2D eigenvalue weighted by Crippen LogP contribution is 2.19. The van der Waals surface area contributed by atoms with Gasteiger partial charge in [-0.15, -0.1) is 0 Å². The Morgan fingerprint density at radius 3 is 2.71 bits per heavy atom. The smallest absolute Gasteiger partial charge is 0.337 e. The van der Waals surface area contributed by atoms with Gasteiger partial charge < -0.3 is 15.3 Å². The Bertz CT molecular complexity index is 738. The molecule has 4 N–H and O–H groups in total. The molecular formula is C13H14N2O5S. The number of furan rings is 1. The summed E-state index contributed by atoms with van der Waals surface area (Å²) >= 11 is 0. The molecular weight excluding hydrogens is 296 g/mol. The summed E-state index contributed by atoms with van der Waals surface area (Å²) < 4.78 is 31.7. The molecule has 0 atom stereocenters. The van der Waals surface area contributed by atoms with E-state index in [0.29, 0.717) is 12.2 Å². The third-order valence-electron chi connectivity index (χ3n) is 2.77. The fourth-order valence-electron chi connectivity index (χ4n) is 1.79. The second-order valence-corrected chi connectivity index (χ2v) is 6.02. The number of nitrogens with two attached hydrogens (primary N) is 1. The van der Waals surface area contributed by atoms with Crippen LogP contribution in [0.1, 0.15) is 16.1 Å². The van der Waals surface area contributed by atoms with Gasteiger partial charge in [0.2, 0.25) is 10.0 Å². The van der Waals surface area contributed by atoms with Crippen LogP contribution in [0.3, 0.4) is 0 Å². The van der Waals surface area contributed by atoms with Crippen molar-refractivity contribution in [3.63, 3.8) is 0 Å². The number of carboxylic acid groups (broad SMARTS) is 1. The minimum absolute atomic E-state index is 0.0965. The first-order chi connectivity index (χ1) is 9.90. The average molecular weight is 310 g/mol. The monoisotopic (exact) mass is 310 g/mol. The van der Waals surface area contributed by atoms with E-state index < -0.39 is 16.0 Å². The van der Waals surface area contributed by atoms with Crippen LogP contribution in [-0.4, -0.2) is 26.0 Å². The molecule has 0 radical (unpaired) electrons. The lowest BCUT2D eigenvalue weighted by molar-refractivity contribution is 0.0692. The summed E-state index contributed by atoms with van der Waals surface area (Å²) in [5, 5.41) is 9.07. The van der Waals surface area contributed by atoms with Crippen molar-refractivity contribution in [3.8, 4) is 0 Å². The molecule has 0 saturated heterocycles. The third kappa shape index (κ3) is 3.61. The summed E-state index contributed by atoms with van der Waals surface area (Å²) in [6, 6.07) is 7.05. The van der Waals surface area contributed by atoms with Crippen molar-refractivity contribution in [2.75, 3.05) is 12.3 Å². The zero-order valence-corrected chi connectivity index (χ0v) is 11.8. The zero-order valence-electron chi connectivity index (χ0n) is 10.9. The molecule has 0 aliphatic rings. The fourth-order valence-corrected chi connectivity index (χ4v) is 3.00. The van der Waals surface area contributed by atoms with Gasteiger partial charge in [0.1, 0.15) is 5.76 Å². The van der Waals surface area contributed by atoms with Crippen molar-refractivity contribution in [1.82, 2.24) is 4.72 Å². The van der Waals surface area contributed by atoms with Gasteiger partial charge in [-0.1, -0.05) is 0 Å². The summed E-state index contributed by atoms with van der Waals surface area (Å²) in [5.74, 6) is -0.720. The van der Waals surface area contributed by atoms with E-state index >= 15 is 0 Å². The number of nitrogen functional groups attached to an aromatic ring is 1. The van der Waals surface area contributed by atoms with E-state index in [2.05, 4.69) is 4.72 Å². The number of nitrogens with one attached hydrogen (secondary N) is 1. The third-order valence-corrected chi connectivity index (χ3v) is 4.29. The molecule has 0 aliphatic carbocycles. The van der Waals surface area contributed by atoms with Crippen molar-refractivity contribution in [2.45, 2.75) is 11.3 Å². The van der Waals surface area contributed by atoms with Crippen LogP contribution >= 0.6 is 0 Å². The van der Waals surface area contributed by atoms with E-state index in [9.17, 15) is 13.2 Å². The summed E-state index contributed by atoms with van der Waals surface area (Å²) in [6.45, 7) is 0.0965. The molecule has 0 unspecified atom stereocenters. The second-order valence-electron chi connectivity index (χ2n) is 4.29. The number of sulfonamides is 1. The number of hydrogen-bond acceptors (Lipinski definition) is 5. The molecule has 0 aliphatic heterocycles. The molecule has 1 aromatic heterocycles. The van der Waals surface area contributed by atoms with Gasteiger partial charge in [0.15, 0.2) is 0 Å². The molecule has 8 heteroatoms. The quantitative estimate of drug-likeness (QED) is 0.686. The molecule has 0 bridgehead atoms. The van der Waals surface area contributed by atoms with Crippen molar-refractivity contribution in [2.24, 2.45) is 0 Å². The maximum Gasteiger partial charge on any atom is 0.337 e. The summed E-state index contributed by atoms with van der Waals surface area (Å²) in [7, 11) is -3.93.